The summed E-state index contributed by atoms with van der Waals surface area (Å²) in [4.78, 5) is 2.59. The minimum absolute atomic E-state index is 0.0291. The Bertz CT molecular complexity index is 1550. The third kappa shape index (κ3) is 5.62. The van der Waals surface area contributed by atoms with Crippen LogP contribution in [-0.2, 0) is 10.2 Å². The van der Waals surface area contributed by atoms with Gasteiger partial charge in [-0.15, -0.1) is 0 Å². The number of likely N-dealkylation sites (N-methyl/N-ethyl adjacent to an activating group) is 1. The van der Waals surface area contributed by atoms with Gasteiger partial charge in [0.25, 0.3) is 0 Å². The molecule has 0 bridgehead atoms. The van der Waals surface area contributed by atoms with Gasteiger partial charge in [0.1, 0.15) is 0 Å². The van der Waals surface area contributed by atoms with Crippen molar-refractivity contribution in [2.75, 3.05) is 18.6 Å². The lowest BCUT2D eigenvalue weighted by Crippen LogP contribution is -2.43. The Morgan fingerprint density at radius 2 is 1.24 bits per heavy atom. The molecule has 240 valence electrons. The summed E-state index contributed by atoms with van der Waals surface area (Å²) in [6, 6.07) is 42.5. The summed E-state index contributed by atoms with van der Waals surface area (Å²) in [7, 11) is 2.33. The molecule has 1 aliphatic heterocycles. The smallest absolute Gasteiger partial charge is 0.0617 e. The zero-order valence-electron chi connectivity index (χ0n) is 28.5. The SMILES string of the molecule is CN1c2ccccc2C2C1c1ccccc1C2C(c1ccccc1)(c1ccccc1)C1CCC(CCCCCCOC(C)(C)C)C1. The summed E-state index contributed by atoms with van der Waals surface area (Å²) >= 11 is 0. The van der Waals surface area contributed by atoms with Crippen molar-refractivity contribution in [3.8, 4) is 0 Å². The van der Waals surface area contributed by atoms with Crippen molar-refractivity contribution in [3.05, 3.63) is 137 Å². The molecular weight excluding hydrogens is 558 g/mol. The molecule has 2 aliphatic carbocycles. The fourth-order valence-corrected chi connectivity index (χ4v) is 9.90. The van der Waals surface area contributed by atoms with Gasteiger partial charge < -0.3 is 9.64 Å². The summed E-state index contributed by atoms with van der Waals surface area (Å²) in [6.07, 6.45) is 10.4. The lowest BCUT2D eigenvalue weighted by Gasteiger charge is -2.48. The van der Waals surface area contributed by atoms with E-state index in [9.17, 15) is 0 Å². The van der Waals surface area contributed by atoms with E-state index in [-0.39, 0.29) is 11.0 Å². The Morgan fingerprint density at radius 3 is 1.91 bits per heavy atom. The van der Waals surface area contributed by atoms with Crippen molar-refractivity contribution >= 4 is 5.69 Å². The van der Waals surface area contributed by atoms with Crippen LogP contribution in [-0.4, -0.2) is 19.3 Å². The van der Waals surface area contributed by atoms with E-state index in [1.807, 2.05) is 0 Å². The highest BCUT2D eigenvalue weighted by Crippen LogP contribution is 2.69. The second-order valence-electron chi connectivity index (χ2n) is 15.4. The van der Waals surface area contributed by atoms with Crippen LogP contribution in [0.25, 0.3) is 0 Å². The Hall–Kier alpha value is -3.36. The molecule has 2 heteroatoms. The van der Waals surface area contributed by atoms with Crippen molar-refractivity contribution in [3.63, 3.8) is 0 Å². The molecule has 4 aromatic carbocycles. The number of fused-ring (bicyclic) bond motifs is 5. The number of hydrogen-bond acceptors (Lipinski definition) is 2. The number of ether oxygens (including phenoxy) is 1. The van der Waals surface area contributed by atoms with Gasteiger partial charge in [-0.1, -0.05) is 135 Å². The summed E-state index contributed by atoms with van der Waals surface area (Å²) < 4.78 is 5.97. The molecule has 0 radical (unpaired) electrons. The highest BCUT2D eigenvalue weighted by Gasteiger charge is 2.60. The van der Waals surface area contributed by atoms with Crippen LogP contribution in [0.3, 0.4) is 0 Å². The van der Waals surface area contributed by atoms with Gasteiger partial charge in [0.15, 0.2) is 0 Å². The second-order valence-corrected chi connectivity index (χ2v) is 15.4. The Labute approximate surface area is 278 Å². The number of hydrogen-bond donors (Lipinski definition) is 0. The van der Waals surface area contributed by atoms with Crippen molar-refractivity contribution in [2.24, 2.45) is 11.8 Å². The minimum Gasteiger partial charge on any atom is -0.376 e. The molecule has 2 nitrogen and oxygen atoms in total. The predicted molar refractivity (Wildman–Crippen MR) is 193 cm³/mol. The first-order valence-electron chi connectivity index (χ1n) is 18.0. The third-order valence-corrected chi connectivity index (χ3v) is 11.7. The zero-order valence-corrected chi connectivity index (χ0v) is 28.5. The zero-order chi connectivity index (χ0) is 31.7. The Morgan fingerprint density at radius 1 is 0.652 bits per heavy atom. The largest absolute Gasteiger partial charge is 0.376 e. The maximum atomic E-state index is 5.97. The molecule has 0 amide bonds. The van der Waals surface area contributed by atoms with Gasteiger partial charge in [0.2, 0.25) is 0 Å². The molecule has 1 saturated carbocycles. The van der Waals surface area contributed by atoms with Crippen LogP contribution >= 0.6 is 0 Å². The number of anilines is 1. The topological polar surface area (TPSA) is 12.5 Å². The van der Waals surface area contributed by atoms with Crippen LogP contribution in [0.2, 0.25) is 0 Å². The lowest BCUT2D eigenvalue weighted by atomic mass is 9.54. The third-order valence-electron chi connectivity index (χ3n) is 11.7. The van der Waals surface area contributed by atoms with E-state index >= 15 is 0 Å². The first kappa shape index (κ1) is 31.3. The average molecular weight is 612 g/mol. The van der Waals surface area contributed by atoms with E-state index in [1.165, 1.54) is 79.3 Å². The first-order valence-corrected chi connectivity index (χ1v) is 18.0. The molecule has 1 heterocycles. The Balaban J connectivity index is 1.26. The van der Waals surface area contributed by atoms with Crippen molar-refractivity contribution in [1.29, 1.82) is 0 Å². The fourth-order valence-electron chi connectivity index (χ4n) is 9.90. The van der Waals surface area contributed by atoms with Gasteiger partial charge in [0, 0.05) is 36.6 Å². The lowest BCUT2D eigenvalue weighted by molar-refractivity contribution is -0.00476. The van der Waals surface area contributed by atoms with Gasteiger partial charge in [0.05, 0.1) is 11.6 Å². The summed E-state index contributed by atoms with van der Waals surface area (Å²) in [5.41, 5.74) is 8.87. The average Bonchev–Trinajstić information content (AvgIpc) is 3.76. The molecule has 0 aromatic heterocycles. The molecule has 3 aliphatic rings. The number of benzene rings is 4. The highest BCUT2D eigenvalue weighted by molar-refractivity contribution is 5.69. The fraction of sp³-hybridized carbons (Fsp3) is 0.455. The molecule has 0 spiro atoms. The standard InChI is InChI=1S/C44H53NO/c1-43(2,3)46-30-18-6-5-9-19-32-28-29-35(31-32)44(33-20-10-7-11-21-33,34-22-12-8-13-23-34)41-36-24-14-15-25-37(36)42-40(41)38-26-16-17-27-39(38)45(42)4/h7-8,10-17,20-27,32,35,40-42H,5-6,9,18-19,28-31H2,1-4H3. The number of unbranched alkanes of at least 4 members (excludes halogenated alkanes) is 3. The van der Waals surface area contributed by atoms with E-state index < -0.39 is 0 Å². The summed E-state index contributed by atoms with van der Waals surface area (Å²) in [5, 5.41) is 0. The monoisotopic (exact) mass is 611 g/mol. The summed E-state index contributed by atoms with van der Waals surface area (Å²) in [6.45, 7) is 7.35. The van der Waals surface area contributed by atoms with Gasteiger partial charge in [-0.25, -0.2) is 0 Å². The van der Waals surface area contributed by atoms with Gasteiger partial charge in [-0.2, -0.15) is 0 Å². The number of para-hydroxylation sites is 1. The van der Waals surface area contributed by atoms with Crippen molar-refractivity contribution in [2.45, 2.75) is 101 Å². The second kappa shape index (κ2) is 13.0. The van der Waals surface area contributed by atoms with Crippen LogP contribution in [0.15, 0.2) is 109 Å². The van der Waals surface area contributed by atoms with Crippen molar-refractivity contribution in [1.82, 2.24) is 0 Å². The highest BCUT2D eigenvalue weighted by atomic mass is 16.5. The first-order chi connectivity index (χ1) is 22.4. The van der Waals surface area contributed by atoms with E-state index in [2.05, 4.69) is 142 Å². The van der Waals surface area contributed by atoms with Crippen LogP contribution in [0.5, 0.6) is 0 Å². The quantitative estimate of drug-likeness (QED) is 0.156. The summed E-state index contributed by atoms with van der Waals surface area (Å²) in [5.74, 6) is 2.15. The number of nitrogens with zero attached hydrogens (tertiary/aromatic N) is 1. The normalized spacial score (nSPS) is 23.7. The van der Waals surface area contributed by atoms with E-state index in [0.717, 1.165) is 12.5 Å². The van der Waals surface area contributed by atoms with Crippen LogP contribution in [0, 0.1) is 11.8 Å². The van der Waals surface area contributed by atoms with E-state index in [0.29, 0.717) is 23.8 Å². The molecular formula is C44H53NO. The maximum absolute atomic E-state index is 5.97. The van der Waals surface area contributed by atoms with Crippen LogP contribution in [0.4, 0.5) is 5.69 Å². The molecule has 7 rings (SSSR count). The maximum Gasteiger partial charge on any atom is 0.0617 e. The number of rotatable bonds is 11. The van der Waals surface area contributed by atoms with E-state index in [4.69, 9.17) is 4.74 Å². The van der Waals surface area contributed by atoms with Crippen LogP contribution in [0.1, 0.15) is 118 Å². The molecule has 5 atom stereocenters. The minimum atomic E-state index is -0.116. The molecule has 5 unspecified atom stereocenters. The molecule has 0 N–H and O–H groups in total. The Kier molecular flexibility index (Phi) is 8.85. The van der Waals surface area contributed by atoms with E-state index in [1.54, 1.807) is 5.56 Å². The molecule has 46 heavy (non-hydrogen) atoms. The molecule has 4 aromatic rings. The van der Waals surface area contributed by atoms with Gasteiger partial charge in [-0.05, 0) is 85.8 Å². The van der Waals surface area contributed by atoms with Gasteiger partial charge in [-0.3, -0.25) is 0 Å². The molecule has 1 fully saturated rings. The van der Waals surface area contributed by atoms with Gasteiger partial charge >= 0.3 is 0 Å². The predicted octanol–water partition coefficient (Wildman–Crippen LogP) is 11.2. The van der Waals surface area contributed by atoms with Crippen LogP contribution < -0.4 is 4.90 Å². The van der Waals surface area contributed by atoms with Crippen molar-refractivity contribution < 1.29 is 4.74 Å². The molecule has 0 saturated heterocycles.